The zero-order chi connectivity index (χ0) is 13.7. The Kier molecular flexibility index (Phi) is 4.41. The van der Waals surface area contributed by atoms with Crippen molar-refractivity contribution in [3.05, 3.63) is 41.4 Å². The largest absolute Gasteiger partial charge is 0.495 e. The highest BCUT2D eigenvalue weighted by molar-refractivity contribution is 6.31. The lowest BCUT2D eigenvalue weighted by atomic mass is 10.2. The molecule has 1 heterocycles. The predicted molar refractivity (Wildman–Crippen MR) is 73.5 cm³/mol. The van der Waals surface area contributed by atoms with Crippen LogP contribution in [0, 0.1) is 0 Å². The van der Waals surface area contributed by atoms with Crippen molar-refractivity contribution in [1.82, 2.24) is 9.97 Å². The Labute approximate surface area is 116 Å². The number of aromatic nitrogens is 2. The summed E-state index contributed by atoms with van der Waals surface area (Å²) in [6.07, 6.45) is 4.26. The van der Waals surface area contributed by atoms with E-state index in [0.717, 1.165) is 5.69 Å². The van der Waals surface area contributed by atoms with Crippen LogP contribution in [0.3, 0.4) is 0 Å². The van der Waals surface area contributed by atoms with Crippen LogP contribution in [0.25, 0.3) is 0 Å². The van der Waals surface area contributed by atoms with Crippen LogP contribution in [0.15, 0.2) is 30.7 Å². The average Bonchev–Trinajstić information content (AvgIpc) is 2.90. The van der Waals surface area contributed by atoms with Crippen molar-refractivity contribution in [2.24, 2.45) is 0 Å². The molecule has 0 unspecified atom stereocenters. The van der Waals surface area contributed by atoms with Crippen LogP contribution in [-0.2, 0) is 11.2 Å². The van der Waals surface area contributed by atoms with Crippen LogP contribution in [-0.4, -0.2) is 23.0 Å². The van der Waals surface area contributed by atoms with Crippen LogP contribution in [0.1, 0.15) is 12.1 Å². The molecule has 19 heavy (non-hydrogen) atoms. The number of aromatic amines is 1. The minimum atomic E-state index is -0.102. The molecule has 2 aromatic rings. The fourth-order valence-electron chi connectivity index (χ4n) is 1.66. The quantitative estimate of drug-likeness (QED) is 0.884. The van der Waals surface area contributed by atoms with Gasteiger partial charge in [0.1, 0.15) is 5.75 Å². The Morgan fingerprint density at radius 3 is 3.05 bits per heavy atom. The van der Waals surface area contributed by atoms with Gasteiger partial charge in [0.2, 0.25) is 5.91 Å². The van der Waals surface area contributed by atoms with Crippen molar-refractivity contribution in [3.63, 3.8) is 0 Å². The summed E-state index contributed by atoms with van der Waals surface area (Å²) in [5, 5.41) is 3.33. The van der Waals surface area contributed by atoms with Gasteiger partial charge in [0.05, 0.1) is 19.1 Å². The third-order valence-electron chi connectivity index (χ3n) is 2.61. The number of hydrogen-bond acceptors (Lipinski definition) is 3. The molecule has 1 aromatic heterocycles. The maximum absolute atomic E-state index is 11.8. The van der Waals surface area contributed by atoms with Gasteiger partial charge in [-0.2, -0.15) is 0 Å². The molecule has 0 saturated carbocycles. The second-order valence-corrected chi connectivity index (χ2v) is 4.41. The smallest absolute Gasteiger partial charge is 0.224 e. The summed E-state index contributed by atoms with van der Waals surface area (Å²) in [6, 6.07) is 5.09. The third kappa shape index (κ3) is 3.72. The van der Waals surface area contributed by atoms with E-state index in [2.05, 4.69) is 15.3 Å². The third-order valence-corrected chi connectivity index (χ3v) is 2.85. The van der Waals surface area contributed by atoms with Gasteiger partial charge in [0.15, 0.2) is 0 Å². The van der Waals surface area contributed by atoms with E-state index in [-0.39, 0.29) is 5.91 Å². The number of halogens is 1. The topological polar surface area (TPSA) is 67.0 Å². The minimum absolute atomic E-state index is 0.102. The molecule has 0 spiro atoms. The molecule has 0 saturated heterocycles. The summed E-state index contributed by atoms with van der Waals surface area (Å²) in [5.41, 5.74) is 1.50. The number of amides is 1. The highest BCUT2D eigenvalue weighted by atomic mass is 35.5. The summed E-state index contributed by atoms with van der Waals surface area (Å²) < 4.78 is 5.16. The first-order valence-corrected chi connectivity index (χ1v) is 6.17. The molecule has 0 atom stereocenters. The van der Waals surface area contributed by atoms with Crippen molar-refractivity contribution < 1.29 is 9.53 Å². The Morgan fingerprint density at radius 1 is 1.53 bits per heavy atom. The minimum Gasteiger partial charge on any atom is -0.495 e. The van der Waals surface area contributed by atoms with E-state index >= 15 is 0 Å². The van der Waals surface area contributed by atoms with Crippen LogP contribution < -0.4 is 10.1 Å². The molecular formula is C13H14ClN3O2. The zero-order valence-electron chi connectivity index (χ0n) is 10.4. The molecule has 6 heteroatoms. The van der Waals surface area contributed by atoms with E-state index in [0.29, 0.717) is 29.3 Å². The van der Waals surface area contributed by atoms with Crippen molar-refractivity contribution in [3.8, 4) is 5.75 Å². The predicted octanol–water partition coefficient (Wildman–Crippen LogP) is 2.64. The number of hydrogen-bond donors (Lipinski definition) is 2. The molecule has 0 fully saturated rings. The first-order chi connectivity index (χ1) is 9.19. The summed E-state index contributed by atoms with van der Waals surface area (Å²) in [4.78, 5) is 18.7. The normalized spacial score (nSPS) is 10.2. The molecule has 0 aliphatic rings. The first kappa shape index (κ1) is 13.4. The molecule has 5 nitrogen and oxygen atoms in total. The monoisotopic (exact) mass is 279 g/mol. The van der Waals surface area contributed by atoms with Crippen molar-refractivity contribution >= 4 is 23.2 Å². The number of imidazole rings is 1. The number of nitrogens with zero attached hydrogens (tertiary/aromatic N) is 1. The lowest BCUT2D eigenvalue weighted by molar-refractivity contribution is -0.116. The van der Waals surface area contributed by atoms with Gasteiger partial charge in [-0.15, -0.1) is 0 Å². The number of nitrogens with one attached hydrogen (secondary N) is 2. The number of carbonyl (C=O) groups excluding carboxylic acids is 1. The van der Waals surface area contributed by atoms with E-state index in [1.165, 1.54) is 0 Å². The van der Waals surface area contributed by atoms with Crippen LogP contribution in [0.4, 0.5) is 5.69 Å². The SMILES string of the molecule is COc1ccc(Cl)cc1NC(=O)CCc1cnc[nH]1. The Balaban J connectivity index is 1.96. The highest BCUT2D eigenvalue weighted by Crippen LogP contribution is 2.27. The van der Waals surface area contributed by atoms with Crippen molar-refractivity contribution in [1.29, 1.82) is 0 Å². The maximum atomic E-state index is 11.8. The molecule has 2 N–H and O–H groups in total. The second kappa shape index (κ2) is 6.24. The zero-order valence-corrected chi connectivity index (χ0v) is 11.2. The molecular weight excluding hydrogens is 266 g/mol. The van der Waals surface area contributed by atoms with Gasteiger partial charge in [0, 0.05) is 23.3 Å². The second-order valence-electron chi connectivity index (χ2n) is 3.97. The van der Waals surface area contributed by atoms with E-state index in [9.17, 15) is 4.79 Å². The number of anilines is 1. The Hall–Kier alpha value is -2.01. The number of benzene rings is 1. The van der Waals surface area contributed by atoms with Crippen LogP contribution >= 0.6 is 11.6 Å². The summed E-state index contributed by atoms with van der Waals surface area (Å²) in [5.74, 6) is 0.481. The first-order valence-electron chi connectivity index (χ1n) is 5.79. The molecule has 0 radical (unpaired) electrons. The van der Waals surface area contributed by atoms with Gasteiger partial charge in [-0.3, -0.25) is 4.79 Å². The Morgan fingerprint density at radius 2 is 2.37 bits per heavy atom. The summed E-state index contributed by atoms with van der Waals surface area (Å²) in [6.45, 7) is 0. The highest BCUT2D eigenvalue weighted by Gasteiger charge is 2.08. The van der Waals surface area contributed by atoms with Gasteiger partial charge in [0.25, 0.3) is 0 Å². The van der Waals surface area contributed by atoms with Crippen molar-refractivity contribution in [2.75, 3.05) is 12.4 Å². The van der Waals surface area contributed by atoms with E-state index in [1.54, 1.807) is 37.8 Å². The lowest BCUT2D eigenvalue weighted by Gasteiger charge is -2.10. The molecule has 0 aliphatic carbocycles. The Bertz CT molecular complexity index is 555. The van der Waals surface area contributed by atoms with E-state index in [1.807, 2.05) is 0 Å². The lowest BCUT2D eigenvalue weighted by Crippen LogP contribution is -2.13. The molecule has 100 valence electrons. The fraction of sp³-hybridized carbons (Fsp3) is 0.231. The standard InChI is InChI=1S/C13H14ClN3O2/c1-19-12-4-2-9(14)6-11(12)17-13(18)5-3-10-7-15-8-16-10/h2,4,6-8H,3,5H2,1H3,(H,15,16)(H,17,18). The molecule has 0 aliphatic heterocycles. The number of rotatable bonds is 5. The van der Waals surface area contributed by atoms with Gasteiger partial charge >= 0.3 is 0 Å². The number of H-pyrrole nitrogens is 1. The van der Waals surface area contributed by atoms with E-state index in [4.69, 9.17) is 16.3 Å². The fourth-order valence-corrected chi connectivity index (χ4v) is 1.83. The molecule has 2 rings (SSSR count). The number of ether oxygens (including phenoxy) is 1. The molecule has 1 amide bonds. The van der Waals surface area contributed by atoms with Crippen LogP contribution in [0.5, 0.6) is 5.75 Å². The van der Waals surface area contributed by atoms with Gasteiger partial charge in [-0.1, -0.05) is 11.6 Å². The number of carbonyl (C=O) groups is 1. The summed E-state index contributed by atoms with van der Waals surface area (Å²) in [7, 11) is 1.55. The van der Waals surface area contributed by atoms with Gasteiger partial charge < -0.3 is 15.0 Å². The van der Waals surface area contributed by atoms with Gasteiger partial charge in [-0.25, -0.2) is 4.98 Å². The molecule has 0 bridgehead atoms. The average molecular weight is 280 g/mol. The van der Waals surface area contributed by atoms with Crippen molar-refractivity contribution in [2.45, 2.75) is 12.8 Å². The maximum Gasteiger partial charge on any atom is 0.224 e. The number of methoxy groups -OCH3 is 1. The van der Waals surface area contributed by atoms with Gasteiger partial charge in [-0.05, 0) is 24.6 Å². The summed E-state index contributed by atoms with van der Waals surface area (Å²) >= 11 is 5.90. The molecule has 1 aromatic carbocycles. The van der Waals surface area contributed by atoms with E-state index < -0.39 is 0 Å². The van der Waals surface area contributed by atoms with Crippen LogP contribution in [0.2, 0.25) is 5.02 Å². The number of aryl methyl sites for hydroxylation is 1.